The van der Waals surface area contributed by atoms with Crippen LogP contribution in [0, 0.1) is 28.6 Å². The van der Waals surface area contributed by atoms with Crippen molar-refractivity contribution >= 4 is 5.78 Å². The second-order valence-electron chi connectivity index (χ2n) is 8.20. The standard InChI is InChI=1S/C18H26O/c1-17-8-6-15(17)14-4-3-12-11-13(19)5-10-18(12,2)16(14)7-9-17/h11,14-16H,3-10H2,1-2H3. The van der Waals surface area contributed by atoms with Crippen molar-refractivity contribution in [3.8, 4) is 0 Å². The third-order valence-corrected chi connectivity index (χ3v) is 7.51. The van der Waals surface area contributed by atoms with E-state index in [1.165, 1.54) is 44.1 Å². The van der Waals surface area contributed by atoms with Crippen LogP contribution in [0.4, 0.5) is 0 Å². The average molecular weight is 258 g/mol. The number of ketones is 1. The molecule has 4 aliphatic carbocycles. The van der Waals surface area contributed by atoms with Gasteiger partial charge in [-0.3, -0.25) is 4.79 Å². The summed E-state index contributed by atoms with van der Waals surface area (Å²) in [5.41, 5.74) is 2.56. The average Bonchev–Trinajstić information content (AvgIpc) is 2.36. The lowest BCUT2D eigenvalue weighted by Gasteiger charge is -2.63. The highest BCUT2D eigenvalue weighted by Gasteiger charge is 2.57. The van der Waals surface area contributed by atoms with Crippen LogP contribution in [0.5, 0.6) is 0 Å². The van der Waals surface area contributed by atoms with Crippen molar-refractivity contribution < 1.29 is 4.79 Å². The summed E-state index contributed by atoms with van der Waals surface area (Å²) in [6.45, 7) is 5.01. The fraction of sp³-hybridized carbons (Fsp3) is 0.833. The zero-order chi connectivity index (χ0) is 13.3. The molecule has 3 fully saturated rings. The molecule has 19 heavy (non-hydrogen) atoms. The molecule has 104 valence electrons. The Bertz CT molecular complexity index is 462. The quantitative estimate of drug-likeness (QED) is 0.624. The Morgan fingerprint density at radius 3 is 2.47 bits per heavy atom. The van der Waals surface area contributed by atoms with Crippen LogP contribution < -0.4 is 0 Å². The summed E-state index contributed by atoms with van der Waals surface area (Å²) in [5, 5.41) is 0. The molecule has 4 aliphatic rings. The summed E-state index contributed by atoms with van der Waals surface area (Å²) in [5.74, 6) is 3.22. The lowest BCUT2D eigenvalue weighted by molar-refractivity contribution is -0.122. The largest absolute Gasteiger partial charge is 0.295 e. The molecule has 4 rings (SSSR count). The van der Waals surface area contributed by atoms with Crippen molar-refractivity contribution in [1.29, 1.82) is 0 Å². The Kier molecular flexibility index (Phi) is 2.40. The minimum absolute atomic E-state index is 0.369. The van der Waals surface area contributed by atoms with E-state index in [4.69, 9.17) is 0 Å². The van der Waals surface area contributed by atoms with E-state index in [9.17, 15) is 4.79 Å². The number of carbonyl (C=O) groups excluding carboxylic acids is 1. The van der Waals surface area contributed by atoms with Gasteiger partial charge in [0.15, 0.2) is 5.78 Å². The van der Waals surface area contributed by atoms with Gasteiger partial charge in [-0.2, -0.15) is 0 Å². The molecule has 0 saturated heterocycles. The van der Waals surface area contributed by atoms with Gasteiger partial charge in [-0.25, -0.2) is 0 Å². The molecule has 0 aliphatic heterocycles. The van der Waals surface area contributed by atoms with E-state index in [-0.39, 0.29) is 0 Å². The van der Waals surface area contributed by atoms with Crippen LogP contribution in [0.2, 0.25) is 0 Å². The SMILES string of the molecule is CC12CCC1C1CCC3=CC(=O)CCC3(C)C1CC2. The molecule has 5 atom stereocenters. The van der Waals surface area contributed by atoms with Gasteiger partial charge in [0.2, 0.25) is 0 Å². The number of rotatable bonds is 0. The van der Waals surface area contributed by atoms with Gasteiger partial charge < -0.3 is 0 Å². The molecular formula is C18H26O. The van der Waals surface area contributed by atoms with Gasteiger partial charge in [0, 0.05) is 6.42 Å². The number of hydrogen-bond acceptors (Lipinski definition) is 1. The monoisotopic (exact) mass is 258 g/mol. The van der Waals surface area contributed by atoms with Crippen molar-refractivity contribution in [2.24, 2.45) is 28.6 Å². The van der Waals surface area contributed by atoms with Crippen LogP contribution in [0.1, 0.15) is 65.2 Å². The number of allylic oxidation sites excluding steroid dienone is 2. The minimum Gasteiger partial charge on any atom is -0.295 e. The number of carbonyl (C=O) groups is 1. The Labute approximate surface area is 116 Å². The second kappa shape index (κ2) is 3.74. The third kappa shape index (κ3) is 1.51. The minimum atomic E-state index is 0.369. The molecule has 0 heterocycles. The van der Waals surface area contributed by atoms with Gasteiger partial charge in [-0.15, -0.1) is 0 Å². The van der Waals surface area contributed by atoms with E-state index in [1.807, 2.05) is 6.08 Å². The first-order chi connectivity index (χ1) is 9.03. The van der Waals surface area contributed by atoms with Crippen molar-refractivity contribution in [1.82, 2.24) is 0 Å². The van der Waals surface area contributed by atoms with Gasteiger partial charge in [0.25, 0.3) is 0 Å². The first-order valence-electron chi connectivity index (χ1n) is 8.27. The van der Waals surface area contributed by atoms with E-state index < -0.39 is 0 Å². The van der Waals surface area contributed by atoms with E-state index in [1.54, 1.807) is 0 Å². The number of fused-ring (bicyclic) bond motifs is 5. The van der Waals surface area contributed by atoms with E-state index in [0.29, 0.717) is 16.6 Å². The molecule has 1 nitrogen and oxygen atoms in total. The zero-order valence-electron chi connectivity index (χ0n) is 12.4. The van der Waals surface area contributed by atoms with Gasteiger partial charge in [-0.1, -0.05) is 19.4 Å². The van der Waals surface area contributed by atoms with Crippen LogP contribution in [0.3, 0.4) is 0 Å². The maximum absolute atomic E-state index is 11.7. The summed E-state index contributed by atoms with van der Waals surface area (Å²) >= 11 is 0. The Morgan fingerprint density at radius 1 is 1.00 bits per heavy atom. The molecule has 0 spiro atoms. The molecule has 0 bridgehead atoms. The van der Waals surface area contributed by atoms with Crippen LogP contribution in [-0.2, 0) is 4.79 Å². The Balaban J connectivity index is 1.69. The predicted molar refractivity (Wildman–Crippen MR) is 76.7 cm³/mol. The molecule has 0 amide bonds. The van der Waals surface area contributed by atoms with Crippen molar-refractivity contribution in [3.05, 3.63) is 11.6 Å². The molecule has 0 aromatic heterocycles. The lowest BCUT2D eigenvalue weighted by atomic mass is 9.42. The highest BCUT2D eigenvalue weighted by molar-refractivity contribution is 5.91. The molecule has 5 unspecified atom stereocenters. The maximum Gasteiger partial charge on any atom is 0.155 e. The molecule has 0 radical (unpaired) electrons. The highest BCUT2D eigenvalue weighted by atomic mass is 16.1. The predicted octanol–water partition coefficient (Wildman–Crippen LogP) is 4.52. The Hall–Kier alpha value is -0.590. The lowest BCUT2D eigenvalue weighted by Crippen LogP contribution is -2.54. The topological polar surface area (TPSA) is 17.1 Å². The van der Waals surface area contributed by atoms with Gasteiger partial charge in [0.1, 0.15) is 0 Å². The normalized spacial score (nSPS) is 52.4. The molecule has 3 saturated carbocycles. The summed E-state index contributed by atoms with van der Waals surface area (Å²) < 4.78 is 0. The van der Waals surface area contributed by atoms with Crippen molar-refractivity contribution in [2.45, 2.75) is 65.2 Å². The first-order valence-corrected chi connectivity index (χ1v) is 8.27. The molecule has 1 heteroatoms. The van der Waals surface area contributed by atoms with Gasteiger partial charge in [-0.05, 0) is 79.6 Å². The van der Waals surface area contributed by atoms with Crippen LogP contribution in [0.25, 0.3) is 0 Å². The fourth-order valence-electron chi connectivity index (χ4n) is 6.10. The maximum atomic E-state index is 11.7. The van der Waals surface area contributed by atoms with Crippen molar-refractivity contribution in [2.75, 3.05) is 0 Å². The van der Waals surface area contributed by atoms with E-state index >= 15 is 0 Å². The Morgan fingerprint density at radius 2 is 1.74 bits per heavy atom. The van der Waals surface area contributed by atoms with Gasteiger partial charge >= 0.3 is 0 Å². The first kappa shape index (κ1) is 12.2. The molecule has 0 aromatic rings. The molecule has 0 aromatic carbocycles. The summed E-state index contributed by atoms with van der Waals surface area (Å²) in [6.07, 6.45) is 12.3. The number of hydrogen-bond donors (Lipinski definition) is 0. The van der Waals surface area contributed by atoms with Crippen LogP contribution >= 0.6 is 0 Å². The zero-order valence-corrected chi connectivity index (χ0v) is 12.4. The highest BCUT2D eigenvalue weighted by Crippen LogP contribution is 2.66. The van der Waals surface area contributed by atoms with E-state index in [2.05, 4.69) is 13.8 Å². The van der Waals surface area contributed by atoms with E-state index in [0.717, 1.165) is 30.6 Å². The summed E-state index contributed by atoms with van der Waals surface area (Å²) in [6, 6.07) is 0. The van der Waals surface area contributed by atoms with Gasteiger partial charge in [0.05, 0.1) is 0 Å². The smallest absolute Gasteiger partial charge is 0.155 e. The third-order valence-electron chi connectivity index (χ3n) is 7.51. The summed E-state index contributed by atoms with van der Waals surface area (Å²) in [7, 11) is 0. The fourth-order valence-corrected chi connectivity index (χ4v) is 6.10. The second-order valence-corrected chi connectivity index (χ2v) is 8.20. The molecular weight excluding hydrogens is 232 g/mol. The molecule has 0 N–H and O–H groups in total. The van der Waals surface area contributed by atoms with Crippen molar-refractivity contribution in [3.63, 3.8) is 0 Å². The van der Waals surface area contributed by atoms with Crippen LogP contribution in [-0.4, -0.2) is 5.78 Å². The summed E-state index contributed by atoms with van der Waals surface area (Å²) in [4.78, 5) is 11.7. The van der Waals surface area contributed by atoms with Crippen LogP contribution in [0.15, 0.2) is 11.6 Å².